The highest BCUT2D eigenvalue weighted by molar-refractivity contribution is 7.92. The first-order valence-electron chi connectivity index (χ1n) is 6.07. The van der Waals surface area contributed by atoms with E-state index in [2.05, 4.69) is 9.71 Å². The topological polar surface area (TPSA) is 79.3 Å². The van der Waals surface area contributed by atoms with Crippen LogP contribution in [-0.4, -0.2) is 30.9 Å². The van der Waals surface area contributed by atoms with Gasteiger partial charge < -0.3 is 5.11 Å². The molecule has 1 heterocycles. The van der Waals surface area contributed by atoms with Gasteiger partial charge in [-0.3, -0.25) is 9.71 Å². The summed E-state index contributed by atoms with van der Waals surface area (Å²) in [6.07, 6.45) is 2.63. The zero-order valence-electron chi connectivity index (χ0n) is 10.4. The summed E-state index contributed by atoms with van der Waals surface area (Å²) in [7, 11) is -3.36. The number of benzene rings is 1. The van der Waals surface area contributed by atoms with Crippen molar-refractivity contribution in [3.63, 3.8) is 0 Å². The largest absolute Gasteiger partial charge is 0.396 e. The van der Waals surface area contributed by atoms with Crippen LogP contribution in [0.5, 0.6) is 0 Å². The maximum absolute atomic E-state index is 11.8. The van der Waals surface area contributed by atoms with E-state index in [0.717, 1.165) is 10.9 Å². The van der Waals surface area contributed by atoms with Crippen molar-refractivity contribution < 1.29 is 13.5 Å². The highest BCUT2D eigenvalue weighted by Crippen LogP contribution is 2.18. The Morgan fingerprint density at radius 2 is 2.05 bits per heavy atom. The molecule has 5 nitrogen and oxygen atoms in total. The van der Waals surface area contributed by atoms with Crippen molar-refractivity contribution >= 4 is 26.6 Å². The zero-order chi connectivity index (χ0) is 13.7. The van der Waals surface area contributed by atoms with Crippen LogP contribution < -0.4 is 4.72 Å². The van der Waals surface area contributed by atoms with Crippen LogP contribution in [0.3, 0.4) is 0 Å². The van der Waals surface area contributed by atoms with Gasteiger partial charge in [0.2, 0.25) is 10.0 Å². The molecule has 0 atom stereocenters. The van der Waals surface area contributed by atoms with Crippen LogP contribution in [-0.2, 0) is 10.0 Å². The highest BCUT2D eigenvalue weighted by Gasteiger charge is 2.10. The number of pyridine rings is 1. The molecule has 0 aliphatic heterocycles. The summed E-state index contributed by atoms with van der Waals surface area (Å²) in [5.41, 5.74) is 1.36. The molecule has 1 aromatic heterocycles. The van der Waals surface area contributed by atoms with E-state index in [1.807, 2.05) is 12.1 Å². The van der Waals surface area contributed by atoms with Gasteiger partial charge in [0.05, 0.1) is 11.3 Å². The quantitative estimate of drug-likeness (QED) is 0.790. The SMILES string of the molecule is O=S(=O)(CCCCO)Nc1ccc2ncccc2c1. The van der Waals surface area contributed by atoms with Gasteiger partial charge in [0.1, 0.15) is 0 Å². The van der Waals surface area contributed by atoms with E-state index in [0.29, 0.717) is 18.5 Å². The molecule has 2 rings (SSSR count). The Labute approximate surface area is 112 Å². The first kappa shape index (κ1) is 13.8. The average Bonchev–Trinajstić information content (AvgIpc) is 2.38. The van der Waals surface area contributed by atoms with Crippen LogP contribution in [0.15, 0.2) is 36.5 Å². The lowest BCUT2D eigenvalue weighted by Gasteiger charge is -2.08. The number of hydrogen-bond acceptors (Lipinski definition) is 4. The van der Waals surface area contributed by atoms with Gasteiger partial charge in [-0.25, -0.2) is 8.42 Å². The van der Waals surface area contributed by atoms with Gasteiger partial charge in [0.25, 0.3) is 0 Å². The summed E-state index contributed by atoms with van der Waals surface area (Å²) in [5.74, 6) is 0.0125. The van der Waals surface area contributed by atoms with Crippen molar-refractivity contribution in [3.05, 3.63) is 36.5 Å². The third-order valence-electron chi connectivity index (χ3n) is 2.70. The fraction of sp³-hybridized carbons (Fsp3) is 0.308. The maximum atomic E-state index is 11.8. The zero-order valence-corrected chi connectivity index (χ0v) is 11.2. The molecule has 0 amide bonds. The Hall–Kier alpha value is -1.66. The number of aliphatic hydroxyl groups is 1. The average molecular weight is 280 g/mol. The molecule has 0 aliphatic rings. The van der Waals surface area contributed by atoms with Gasteiger partial charge in [0.15, 0.2) is 0 Å². The molecule has 0 bridgehead atoms. The monoisotopic (exact) mass is 280 g/mol. The number of aromatic nitrogens is 1. The van der Waals surface area contributed by atoms with Crippen LogP contribution in [0.2, 0.25) is 0 Å². The summed E-state index contributed by atoms with van der Waals surface area (Å²) < 4.78 is 26.1. The predicted molar refractivity (Wildman–Crippen MR) is 75.5 cm³/mol. The predicted octanol–water partition coefficient (Wildman–Crippen LogP) is 1.75. The van der Waals surface area contributed by atoms with Crippen molar-refractivity contribution in [2.24, 2.45) is 0 Å². The number of anilines is 1. The number of nitrogens with zero attached hydrogens (tertiary/aromatic N) is 1. The Morgan fingerprint density at radius 1 is 1.21 bits per heavy atom. The fourth-order valence-corrected chi connectivity index (χ4v) is 2.95. The first-order valence-corrected chi connectivity index (χ1v) is 7.72. The van der Waals surface area contributed by atoms with Crippen LogP contribution in [0.1, 0.15) is 12.8 Å². The second kappa shape index (κ2) is 5.99. The molecule has 0 fully saturated rings. The molecule has 0 radical (unpaired) electrons. The molecule has 19 heavy (non-hydrogen) atoms. The number of aliphatic hydroxyl groups excluding tert-OH is 1. The van der Waals surface area contributed by atoms with Crippen LogP contribution in [0.4, 0.5) is 5.69 Å². The van der Waals surface area contributed by atoms with Crippen LogP contribution >= 0.6 is 0 Å². The molecule has 0 unspecified atom stereocenters. The summed E-state index contributed by atoms with van der Waals surface area (Å²) in [5, 5.41) is 9.54. The molecule has 2 N–H and O–H groups in total. The van der Waals surface area contributed by atoms with E-state index in [4.69, 9.17) is 5.11 Å². The van der Waals surface area contributed by atoms with Gasteiger partial charge in [-0.05, 0) is 37.1 Å². The van der Waals surface area contributed by atoms with Gasteiger partial charge in [-0.2, -0.15) is 0 Å². The molecule has 0 aliphatic carbocycles. The van der Waals surface area contributed by atoms with Crippen molar-refractivity contribution in [1.29, 1.82) is 0 Å². The number of fused-ring (bicyclic) bond motifs is 1. The Balaban J connectivity index is 2.12. The van der Waals surface area contributed by atoms with Crippen LogP contribution in [0, 0.1) is 0 Å². The molecule has 0 saturated carbocycles. The van der Waals surface area contributed by atoms with Gasteiger partial charge in [0, 0.05) is 23.9 Å². The third-order valence-corrected chi connectivity index (χ3v) is 4.07. The molecule has 2 aromatic rings. The maximum Gasteiger partial charge on any atom is 0.232 e. The second-order valence-electron chi connectivity index (χ2n) is 4.26. The van der Waals surface area contributed by atoms with Crippen molar-refractivity contribution in [3.8, 4) is 0 Å². The minimum Gasteiger partial charge on any atom is -0.396 e. The Bertz CT molecular complexity index is 656. The normalized spacial score (nSPS) is 11.6. The first-order chi connectivity index (χ1) is 9.11. The molecule has 1 aromatic carbocycles. The van der Waals surface area contributed by atoms with Crippen molar-refractivity contribution in [2.75, 3.05) is 17.1 Å². The van der Waals surface area contributed by atoms with E-state index in [9.17, 15) is 8.42 Å². The number of hydrogen-bond donors (Lipinski definition) is 2. The minimum atomic E-state index is -3.36. The Kier molecular flexibility index (Phi) is 4.34. The number of nitrogens with one attached hydrogen (secondary N) is 1. The summed E-state index contributed by atoms with van der Waals surface area (Å²) in [4.78, 5) is 4.17. The van der Waals surface area contributed by atoms with Gasteiger partial charge in [-0.15, -0.1) is 0 Å². The molecule has 6 heteroatoms. The second-order valence-corrected chi connectivity index (χ2v) is 6.10. The lowest BCUT2D eigenvalue weighted by atomic mass is 10.2. The molecular weight excluding hydrogens is 264 g/mol. The third kappa shape index (κ3) is 3.90. The molecule has 0 spiro atoms. The van der Waals surface area contributed by atoms with Gasteiger partial charge in [-0.1, -0.05) is 6.07 Å². The van der Waals surface area contributed by atoms with Crippen molar-refractivity contribution in [2.45, 2.75) is 12.8 Å². The summed E-state index contributed by atoms with van der Waals surface area (Å²) in [6, 6.07) is 8.92. The highest BCUT2D eigenvalue weighted by atomic mass is 32.2. The van der Waals surface area contributed by atoms with E-state index < -0.39 is 10.0 Å². The van der Waals surface area contributed by atoms with Crippen molar-refractivity contribution in [1.82, 2.24) is 4.98 Å². The summed E-state index contributed by atoms with van der Waals surface area (Å²) in [6.45, 7) is 0.0111. The van der Waals surface area contributed by atoms with E-state index >= 15 is 0 Å². The number of rotatable bonds is 6. The summed E-state index contributed by atoms with van der Waals surface area (Å²) >= 11 is 0. The molecule has 0 saturated heterocycles. The van der Waals surface area contributed by atoms with E-state index in [-0.39, 0.29) is 12.4 Å². The van der Waals surface area contributed by atoms with E-state index in [1.54, 1.807) is 24.4 Å². The fourth-order valence-electron chi connectivity index (χ4n) is 1.77. The molecule has 102 valence electrons. The Morgan fingerprint density at radius 3 is 2.84 bits per heavy atom. The number of sulfonamides is 1. The smallest absolute Gasteiger partial charge is 0.232 e. The van der Waals surface area contributed by atoms with Crippen LogP contribution in [0.25, 0.3) is 10.9 Å². The number of unbranched alkanes of at least 4 members (excludes halogenated alkanes) is 1. The van der Waals surface area contributed by atoms with E-state index in [1.165, 1.54) is 0 Å². The minimum absolute atomic E-state index is 0.0111. The lowest BCUT2D eigenvalue weighted by Crippen LogP contribution is -2.16. The standard InChI is InChI=1S/C13H16N2O3S/c16-8-1-2-9-19(17,18)15-12-5-6-13-11(10-12)4-3-7-14-13/h3-7,10,15-16H,1-2,8-9H2. The van der Waals surface area contributed by atoms with Gasteiger partial charge >= 0.3 is 0 Å². The lowest BCUT2D eigenvalue weighted by molar-refractivity contribution is 0.287. The molecular formula is C13H16N2O3S.